The smallest absolute Gasteiger partial charge is 0.240 e. The van der Waals surface area contributed by atoms with E-state index in [1.54, 1.807) is 4.90 Å². The van der Waals surface area contributed by atoms with Crippen molar-refractivity contribution < 1.29 is 9.59 Å². The summed E-state index contributed by atoms with van der Waals surface area (Å²) in [6.45, 7) is 10.6. The molecule has 0 fully saturated rings. The van der Waals surface area contributed by atoms with Gasteiger partial charge in [0, 0.05) is 19.2 Å². The van der Waals surface area contributed by atoms with Crippen molar-refractivity contribution in [1.82, 2.24) is 5.32 Å². The van der Waals surface area contributed by atoms with Gasteiger partial charge in [0.05, 0.1) is 0 Å². The highest BCUT2D eigenvalue weighted by Crippen LogP contribution is 2.31. The van der Waals surface area contributed by atoms with Gasteiger partial charge in [0.2, 0.25) is 11.8 Å². The van der Waals surface area contributed by atoms with Crippen molar-refractivity contribution in [1.29, 1.82) is 0 Å². The van der Waals surface area contributed by atoms with Gasteiger partial charge in [0.1, 0.15) is 6.54 Å². The molecular formula is C18H28N2O2. The maximum absolute atomic E-state index is 12.1. The molecule has 0 atom stereocenters. The minimum atomic E-state index is -0.123. The molecule has 1 aromatic carbocycles. The minimum Gasteiger partial charge on any atom is -0.355 e. The number of hydrogen-bond acceptors (Lipinski definition) is 2. The predicted octanol–water partition coefficient (Wildman–Crippen LogP) is 3.25. The summed E-state index contributed by atoms with van der Waals surface area (Å²) in [5.74, 6) is -0.241. The number of carbonyl (C=O) groups excluding carboxylic acids is 2. The van der Waals surface area contributed by atoms with Crippen LogP contribution in [0, 0.1) is 0 Å². The second-order valence-corrected chi connectivity index (χ2v) is 6.58. The summed E-state index contributed by atoms with van der Waals surface area (Å²) < 4.78 is 0. The van der Waals surface area contributed by atoms with Crippen LogP contribution in [0.15, 0.2) is 24.3 Å². The molecule has 1 aromatic rings. The van der Waals surface area contributed by atoms with Gasteiger partial charge in [-0.25, -0.2) is 0 Å². The van der Waals surface area contributed by atoms with Crippen LogP contribution in [-0.4, -0.2) is 24.9 Å². The molecule has 122 valence electrons. The fourth-order valence-electron chi connectivity index (χ4n) is 2.31. The third kappa shape index (κ3) is 5.17. The Morgan fingerprint density at radius 3 is 2.36 bits per heavy atom. The lowest BCUT2D eigenvalue weighted by Gasteiger charge is -2.29. The maximum atomic E-state index is 12.1. The number of nitrogens with one attached hydrogen (secondary N) is 1. The molecule has 0 heterocycles. The largest absolute Gasteiger partial charge is 0.355 e. The van der Waals surface area contributed by atoms with Gasteiger partial charge in [0.15, 0.2) is 0 Å². The first-order valence-electron chi connectivity index (χ1n) is 7.91. The number of para-hydroxylation sites is 1. The Kier molecular flexibility index (Phi) is 6.60. The topological polar surface area (TPSA) is 49.4 Å². The average molecular weight is 304 g/mol. The van der Waals surface area contributed by atoms with E-state index in [-0.39, 0.29) is 23.8 Å². The zero-order chi connectivity index (χ0) is 16.8. The first-order chi connectivity index (χ1) is 10.3. The standard InChI is InChI=1S/C18H28N2O2/c1-6-7-12-19-17(22)13-20(14(2)21)16-11-9-8-10-15(16)18(3,4)5/h8-11H,6-7,12-13H2,1-5H3,(H,19,22). The van der Waals surface area contributed by atoms with Crippen LogP contribution in [-0.2, 0) is 15.0 Å². The molecular weight excluding hydrogens is 276 g/mol. The number of carbonyl (C=O) groups is 2. The van der Waals surface area contributed by atoms with Crippen LogP contribution in [0.25, 0.3) is 0 Å². The van der Waals surface area contributed by atoms with Gasteiger partial charge in [-0.15, -0.1) is 0 Å². The molecule has 0 aliphatic carbocycles. The van der Waals surface area contributed by atoms with Crippen molar-refractivity contribution in [3.63, 3.8) is 0 Å². The van der Waals surface area contributed by atoms with Crippen molar-refractivity contribution in [2.75, 3.05) is 18.0 Å². The summed E-state index contributed by atoms with van der Waals surface area (Å²) in [6.07, 6.45) is 1.98. The first kappa shape index (κ1) is 18.2. The fourth-order valence-corrected chi connectivity index (χ4v) is 2.31. The Bertz CT molecular complexity index is 518. The molecule has 0 aliphatic rings. The van der Waals surface area contributed by atoms with Gasteiger partial charge in [0.25, 0.3) is 0 Å². The van der Waals surface area contributed by atoms with E-state index in [4.69, 9.17) is 0 Å². The second kappa shape index (κ2) is 7.97. The molecule has 0 bridgehead atoms. The quantitative estimate of drug-likeness (QED) is 0.820. The van der Waals surface area contributed by atoms with Gasteiger partial charge in [-0.05, 0) is 23.5 Å². The first-order valence-corrected chi connectivity index (χ1v) is 7.91. The Labute approximate surface area is 133 Å². The van der Waals surface area contributed by atoms with Crippen LogP contribution in [0.4, 0.5) is 5.69 Å². The van der Waals surface area contributed by atoms with Gasteiger partial charge in [-0.3, -0.25) is 9.59 Å². The highest BCUT2D eigenvalue weighted by molar-refractivity contribution is 5.98. The molecule has 22 heavy (non-hydrogen) atoms. The van der Waals surface area contributed by atoms with E-state index < -0.39 is 0 Å². The average Bonchev–Trinajstić information content (AvgIpc) is 2.44. The lowest BCUT2D eigenvalue weighted by atomic mass is 9.85. The van der Waals surface area contributed by atoms with Crippen molar-refractivity contribution >= 4 is 17.5 Å². The van der Waals surface area contributed by atoms with Crippen LogP contribution in [0.5, 0.6) is 0 Å². The van der Waals surface area contributed by atoms with Crippen LogP contribution in [0.3, 0.4) is 0 Å². The van der Waals surface area contributed by atoms with E-state index in [0.717, 1.165) is 24.1 Å². The number of hydrogen-bond donors (Lipinski definition) is 1. The molecule has 0 radical (unpaired) electrons. The van der Waals surface area contributed by atoms with E-state index in [1.807, 2.05) is 24.3 Å². The Morgan fingerprint density at radius 2 is 1.82 bits per heavy atom. The SMILES string of the molecule is CCCCNC(=O)CN(C(C)=O)c1ccccc1C(C)(C)C. The summed E-state index contributed by atoms with van der Waals surface area (Å²) in [5, 5.41) is 2.86. The van der Waals surface area contributed by atoms with Gasteiger partial charge >= 0.3 is 0 Å². The number of nitrogens with zero attached hydrogens (tertiary/aromatic N) is 1. The zero-order valence-electron chi connectivity index (χ0n) is 14.4. The van der Waals surface area contributed by atoms with Crippen LogP contribution >= 0.6 is 0 Å². The zero-order valence-corrected chi connectivity index (χ0v) is 14.4. The molecule has 0 aromatic heterocycles. The lowest BCUT2D eigenvalue weighted by Crippen LogP contribution is -2.41. The van der Waals surface area contributed by atoms with Gasteiger partial charge < -0.3 is 10.2 Å². The second-order valence-electron chi connectivity index (χ2n) is 6.58. The number of anilines is 1. The van der Waals surface area contributed by atoms with E-state index in [9.17, 15) is 9.59 Å². The van der Waals surface area contributed by atoms with Crippen molar-refractivity contribution in [2.24, 2.45) is 0 Å². The molecule has 1 rings (SSSR count). The molecule has 2 amide bonds. The Morgan fingerprint density at radius 1 is 1.18 bits per heavy atom. The van der Waals surface area contributed by atoms with Gasteiger partial charge in [-0.2, -0.15) is 0 Å². The molecule has 0 aliphatic heterocycles. The highest BCUT2D eigenvalue weighted by Gasteiger charge is 2.24. The van der Waals surface area contributed by atoms with Crippen molar-refractivity contribution in [3.05, 3.63) is 29.8 Å². The summed E-state index contributed by atoms with van der Waals surface area (Å²) in [6, 6.07) is 7.78. The minimum absolute atomic E-state index is 0.0616. The normalized spacial score (nSPS) is 11.1. The Hall–Kier alpha value is -1.84. The molecule has 1 N–H and O–H groups in total. The highest BCUT2D eigenvalue weighted by atomic mass is 16.2. The number of rotatable bonds is 6. The summed E-state index contributed by atoms with van der Waals surface area (Å²) in [4.78, 5) is 25.7. The van der Waals surface area contributed by atoms with Crippen molar-refractivity contribution in [2.45, 2.75) is 52.9 Å². The lowest BCUT2D eigenvalue weighted by molar-refractivity contribution is -0.123. The fraction of sp³-hybridized carbons (Fsp3) is 0.556. The van der Waals surface area contributed by atoms with Crippen LogP contribution in [0.1, 0.15) is 53.0 Å². The van der Waals surface area contributed by atoms with E-state index in [2.05, 4.69) is 33.0 Å². The summed E-state index contributed by atoms with van der Waals surface area (Å²) >= 11 is 0. The molecule has 0 unspecified atom stereocenters. The molecule has 4 heteroatoms. The number of benzene rings is 1. The van der Waals surface area contributed by atoms with Crippen LogP contribution < -0.4 is 10.2 Å². The molecule has 0 saturated heterocycles. The summed E-state index contributed by atoms with van der Waals surface area (Å²) in [5.41, 5.74) is 1.78. The van der Waals surface area contributed by atoms with Gasteiger partial charge in [-0.1, -0.05) is 52.3 Å². The maximum Gasteiger partial charge on any atom is 0.240 e. The summed E-state index contributed by atoms with van der Waals surface area (Å²) in [7, 11) is 0. The molecule has 0 saturated carbocycles. The third-order valence-electron chi connectivity index (χ3n) is 3.54. The predicted molar refractivity (Wildman–Crippen MR) is 91.1 cm³/mol. The Balaban J connectivity index is 2.98. The number of amides is 2. The van der Waals surface area contributed by atoms with E-state index in [1.165, 1.54) is 6.92 Å². The van der Waals surface area contributed by atoms with Crippen molar-refractivity contribution in [3.8, 4) is 0 Å². The monoisotopic (exact) mass is 304 g/mol. The molecule has 4 nitrogen and oxygen atoms in total. The van der Waals surface area contributed by atoms with E-state index >= 15 is 0 Å². The van der Waals surface area contributed by atoms with E-state index in [0.29, 0.717) is 6.54 Å². The van der Waals surface area contributed by atoms with Crippen LogP contribution in [0.2, 0.25) is 0 Å². The third-order valence-corrected chi connectivity index (χ3v) is 3.54. The molecule has 0 spiro atoms. The number of unbranched alkanes of at least 4 members (excludes halogenated alkanes) is 1.